The molecule has 1 saturated heterocycles. The second kappa shape index (κ2) is 8.89. The van der Waals surface area contributed by atoms with Gasteiger partial charge in [-0.1, -0.05) is 5.16 Å². The fraction of sp³-hybridized carbons (Fsp3) is 0.217. The summed E-state index contributed by atoms with van der Waals surface area (Å²) in [5.74, 6) is -1.78. The molecule has 4 amide bonds. The highest BCUT2D eigenvalue weighted by molar-refractivity contribution is 6.18. The molecule has 0 spiro atoms. The molecule has 3 aromatic heterocycles. The first-order valence-corrected chi connectivity index (χ1v) is 10.7. The zero-order chi connectivity index (χ0) is 24.5. The molecule has 0 aromatic carbocycles. The first-order chi connectivity index (χ1) is 16.9. The van der Waals surface area contributed by atoms with Crippen LogP contribution in [0, 0.1) is 0 Å². The van der Waals surface area contributed by atoms with Gasteiger partial charge < -0.3 is 9.42 Å². The van der Waals surface area contributed by atoms with E-state index in [9.17, 15) is 19.2 Å². The third-order valence-electron chi connectivity index (χ3n) is 5.72. The van der Waals surface area contributed by atoms with Crippen LogP contribution >= 0.6 is 0 Å². The van der Waals surface area contributed by atoms with E-state index >= 15 is 0 Å². The molecule has 3 aromatic rings. The van der Waals surface area contributed by atoms with Gasteiger partial charge in [0.2, 0.25) is 23.5 Å². The Morgan fingerprint density at radius 3 is 2.63 bits per heavy atom. The van der Waals surface area contributed by atoms with Crippen molar-refractivity contribution in [2.75, 3.05) is 7.05 Å². The maximum atomic E-state index is 12.9. The molecule has 12 heteroatoms. The van der Waals surface area contributed by atoms with Crippen molar-refractivity contribution >= 4 is 23.6 Å². The van der Waals surface area contributed by atoms with Crippen LogP contribution in [0.3, 0.4) is 0 Å². The van der Waals surface area contributed by atoms with Crippen LogP contribution in [-0.2, 0) is 25.7 Å². The molecule has 5 rings (SSSR count). The maximum absolute atomic E-state index is 12.9. The summed E-state index contributed by atoms with van der Waals surface area (Å²) in [4.78, 5) is 64.0. The molecule has 1 atom stereocenters. The number of hydrogen-bond donors (Lipinski definition) is 1. The summed E-state index contributed by atoms with van der Waals surface area (Å²) in [7, 11) is 1.60. The van der Waals surface area contributed by atoms with E-state index in [1.54, 1.807) is 31.8 Å². The Bertz CT molecular complexity index is 1370. The molecule has 2 aliphatic heterocycles. The highest BCUT2D eigenvalue weighted by atomic mass is 16.5. The van der Waals surface area contributed by atoms with Crippen molar-refractivity contribution in [1.82, 2.24) is 35.2 Å². The van der Waals surface area contributed by atoms with Gasteiger partial charge in [-0.2, -0.15) is 4.98 Å². The van der Waals surface area contributed by atoms with Crippen molar-refractivity contribution in [3.05, 3.63) is 60.7 Å². The minimum atomic E-state index is -1.02. The van der Waals surface area contributed by atoms with Gasteiger partial charge in [-0.15, -0.1) is 0 Å². The summed E-state index contributed by atoms with van der Waals surface area (Å²) in [6.45, 7) is 0.0541. The van der Waals surface area contributed by atoms with Gasteiger partial charge in [0.1, 0.15) is 11.7 Å². The fourth-order valence-corrected chi connectivity index (χ4v) is 3.96. The van der Waals surface area contributed by atoms with Crippen molar-refractivity contribution < 1.29 is 23.7 Å². The molecule has 0 aliphatic carbocycles. The molecule has 5 heterocycles. The van der Waals surface area contributed by atoms with E-state index in [-0.39, 0.29) is 31.0 Å². The summed E-state index contributed by atoms with van der Waals surface area (Å²) >= 11 is 0. The molecule has 12 nitrogen and oxygen atoms in total. The van der Waals surface area contributed by atoms with Crippen molar-refractivity contribution in [3.63, 3.8) is 0 Å². The molecule has 0 bridgehead atoms. The Labute approximate surface area is 198 Å². The quantitative estimate of drug-likeness (QED) is 0.506. The monoisotopic (exact) mass is 473 g/mol. The van der Waals surface area contributed by atoms with Crippen LogP contribution < -0.4 is 5.32 Å². The molecule has 1 unspecified atom stereocenters. The fourth-order valence-electron chi connectivity index (χ4n) is 3.96. The Morgan fingerprint density at radius 2 is 1.86 bits per heavy atom. The summed E-state index contributed by atoms with van der Waals surface area (Å²) in [5, 5.41) is 6.17. The van der Waals surface area contributed by atoms with E-state index in [0.717, 1.165) is 22.1 Å². The zero-order valence-corrected chi connectivity index (χ0v) is 18.5. The predicted molar refractivity (Wildman–Crippen MR) is 118 cm³/mol. The third kappa shape index (κ3) is 4.28. The van der Waals surface area contributed by atoms with Gasteiger partial charge >= 0.3 is 0 Å². The number of likely N-dealkylation sites (N-methyl/N-ethyl adjacent to an activating group) is 1. The van der Waals surface area contributed by atoms with Crippen molar-refractivity contribution in [1.29, 1.82) is 0 Å². The smallest absolute Gasteiger partial charge is 0.277 e. The molecule has 1 fully saturated rings. The number of rotatable bonds is 6. The topological polar surface area (TPSA) is 151 Å². The standard InChI is InChI=1S/C23H19N7O5/c1-29(17-9-20(32)30(23(17)34)16-2-3-18(31)26-22(16)33)12-19-27-21(28-35-19)15-8-14(10-25-11-15)13-4-6-24-7-5-13/h4-11,16H,2-3,12H2,1H3,(H,26,31,33). The number of pyridine rings is 2. The van der Waals surface area contributed by atoms with Crippen LogP contribution in [0.25, 0.3) is 22.5 Å². The van der Waals surface area contributed by atoms with Gasteiger partial charge in [-0.05, 0) is 30.2 Å². The highest BCUT2D eigenvalue weighted by Gasteiger charge is 2.43. The molecule has 0 radical (unpaired) electrons. The van der Waals surface area contributed by atoms with Gasteiger partial charge in [0.15, 0.2) is 0 Å². The summed E-state index contributed by atoms with van der Waals surface area (Å²) in [5.41, 5.74) is 2.53. The van der Waals surface area contributed by atoms with Crippen LogP contribution in [0.2, 0.25) is 0 Å². The van der Waals surface area contributed by atoms with Crippen molar-refractivity contribution in [3.8, 4) is 22.5 Å². The third-order valence-corrected chi connectivity index (χ3v) is 5.72. The highest BCUT2D eigenvalue weighted by Crippen LogP contribution is 2.25. The second-order valence-electron chi connectivity index (χ2n) is 8.08. The maximum Gasteiger partial charge on any atom is 0.277 e. The lowest BCUT2D eigenvalue weighted by Gasteiger charge is -2.29. The number of piperidine rings is 1. The lowest BCUT2D eigenvalue weighted by molar-refractivity contribution is -0.150. The van der Waals surface area contributed by atoms with Crippen LogP contribution in [0.5, 0.6) is 0 Å². The lowest BCUT2D eigenvalue weighted by atomic mass is 10.0. The van der Waals surface area contributed by atoms with Crippen LogP contribution in [0.1, 0.15) is 18.7 Å². The van der Waals surface area contributed by atoms with Crippen LogP contribution in [-0.4, -0.2) is 66.6 Å². The van der Waals surface area contributed by atoms with Crippen LogP contribution in [0.15, 0.2) is 59.3 Å². The predicted octanol–water partition coefficient (Wildman–Crippen LogP) is 0.683. The molecule has 0 saturated carbocycles. The van der Waals surface area contributed by atoms with Crippen molar-refractivity contribution in [2.24, 2.45) is 0 Å². The lowest BCUT2D eigenvalue weighted by Crippen LogP contribution is -2.54. The Kier molecular flexibility index (Phi) is 5.61. The number of carbonyl (C=O) groups is 4. The number of nitrogens with one attached hydrogen (secondary N) is 1. The minimum Gasteiger partial charge on any atom is -0.361 e. The minimum absolute atomic E-state index is 0.0541. The van der Waals surface area contributed by atoms with Gasteiger partial charge in [0.05, 0.1) is 6.54 Å². The number of amides is 4. The first-order valence-electron chi connectivity index (χ1n) is 10.7. The number of imide groups is 2. The summed E-state index contributed by atoms with van der Waals surface area (Å²) in [6.07, 6.45) is 8.02. The molecule has 1 N–H and O–H groups in total. The van der Waals surface area contributed by atoms with E-state index in [2.05, 4.69) is 25.4 Å². The van der Waals surface area contributed by atoms with E-state index in [0.29, 0.717) is 11.4 Å². The summed E-state index contributed by atoms with van der Waals surface area (Å²) < 4.78 is 5.35. The largest absolute Gasteiger partial charge is 0.361 e. The molecule has 176 valence electrons. The molecular weight excluding hydrogens is 454 g/mol. The molecule has 2 aliphatic rings. The number of aromatic nitrogens is 4. The van der Waals surface area contributed by atoms with Gasteiger partial charge in [-0.25, -0.2) is 0 Å². The van der Waals surface area contributed by atoms with Crippen molar-refractivity contribution in [2.45, 2.75) is 25.4 Å². The van der Waals surface area contributed by atoms with Gasteiger partial charge in [-0.3, -0.25) is 39.4 Å². The molecular formula is C23H19N7O5. The van der Waals surface area contributed by atoms with E-state index < -0.39 is 29.7 Å². The average Bonchev–Trinajstić information content (AvgIpc) is 3.44. The van der Waals surface area contributed by atoms with Gasteiger partial charge in [0.25, 0.3) is 11.8 Å². The normalized spacial score (nSPS) is 18.0. The van der Waals surface area contributed by atoms with Gasteiger partial charge in [0, 0.05) is 55.5 Å². The zero-order valence-electron chi connectivity index (χ0n) is 18.5. The Balaban J connectivity index is 1.29. The first kappa shape index (κ1) is 22.1. The number of hydrogen-bond acceptors (Lipinski definition) is 10. The molecule has 35 heavy (non-hydrogen) atoms. The summed E-state index contributed by atoms with van der Waals surface area (Å²) in [6, 6.07) is 4.58. The van der Waals surface area contributed by atoms with E-state index in [4.69, 9.17) is 4.52 Å². The van der Waals surface area contributed by atoms with E-state index in [1.807, 2.05) is 18.2 Å². The second-order valence-corrected chi connectivity index (χ2v) is 8.08. The average molecular weight is 473 g/mol. The van der Waals surface area contributed by atoms with E-state index in [1.165, 1.54) is 4.90 Å². The van der Waals surface area contributed by atoms with Crippen LogP contribution in [0.4, 0.5) is 0 Å². The Morgan fingerprint density at radius 1 is 1.09 bits per heavy atom. The SMILES string of the molecule is CN(Cc1nc(-c2cncc(-c3ccncc3)c2)no1)C1=CC(=O)N(C2CCC(=O)NC2=O)C1=O. The Hall–Kier alpha value is -4.74. The number of nitrogens with zero attached hydrogens (tertiary/aromatic N) is 6. The number of carbonyl (C=O) groups excluding carboxylic acids is 4.